The minimum absolute atomic E-state index is 0.0600. The number of quaternary nitrogens is 1. The molecule has 3 aromatic rings. The molecule has 144 valence electrons. The van der Waals surface area contributed by atoms with Crippen LogP contribution < -0.4 is 10.2 Å². The standard InChI is InChI=1S/C23H25N3O2/c1-17-14-21(20-8-4-5-9-22(20)25-17)23(27)24-15-18-6-2-3-7-19(18)16-26-10-12-28-13-11-26/h2-9,14H,10-13,15-16H2,1H3,(H,24,27)/p+1. The summed E-state index contributed by atoms with van der Waals surface area (Å²) in [6.07, 6.45) is 0. The predicted octanol–water partition coefficient (Wildman–Crippen LogP) is 1.89. The molecule has 0 atom stereocenters. The third-order valence-electron chi connectivity index (χ3n) is 5.29. The number of morpholine rings is 1. The maximum absolute atomic E-state index is 12.9. The maximum atomic E-state index is 12.9. The topological polar surface area (TPSA) is 55.7 Å². The lowest BCUT2D eigenvalue weighted by molar-refractivity contribution is -0.921. The zero-order valence-corrected chi connectivity index (χ0v) is 16.2. The summed E-state index contributed by atoms with van der Waals surface area (Å²) in [5.41, 5.74) is 4.84. The first-order chi connectivity index (χ1) is 13.7. The minimum atomic E-state index is -0.0600. The number of aromatic nitrogens is 1. The fraction of sp³-hybridized carbons (Fsp3) is 0.304. The predicted molar refractivity (Wildman–Crippen MR) is 109 cm³/mol. The normalized spacial score (nSPS) is 14.9. The van der Waals surface area contributed by atoms with Crippen molar-refractivity contribution in [3.63, 3.8) is 0 Å². The van der Waals surface area contributed by atoms with Gasteiger partial charge in [0.1, 0.15) is 19.6 Å². The molecule has 0 saturated carbocycles. The Hall–Kier alpha value is -2.76. The fourth-order valence-corrected chi connectivity index (χ4v) is 3.77. The summed E-state index contributed by atoms with van der Waals surface area (Å²) in [7, 11) is 0. The molecule has 1 fully saturated rings. The highest BCUT2D eigenvalue weighted by molar-refractivity contribution is 6.06. The van der Waals surface area contributed by atoms with Crippen molar-refractivity contribution < 1.29 is 14.4 Å². The molecule has 1 aliphatic heterocycles. The lowest BCUT2D eigenvalue weighted by Gasteiger charge is -2.24. The number of rotatable bonds is 5. The molecule has 5 nitrogen and oxygen atoms in total. The van der Waals surface area contributed by atoms with Gasteiger partial charge in [0.25, 0.3) is 5.91 Å². The summed E-state index contributed by atoms with van der Waals surface area (Å²) in [5.74, 6) is -0.0600. The molecule has 2 heterocycles. The van der Waals surface area contributed by atoms with Gasteiger partial charge < -0.3 is 15.0 Å². The average Bonchev–Trinajstić information content (AvgIpc) is 2.73. The number of carbonyl (C=O) groups is 1. The minimum Gasteiger partial charge on any atom is -0.370 e. The number of aryl methyl sites for hydroxylation is 1. The number of pyridine rings is 1. The maximum Gasteiger partial charge on any atom is 0.252 e. The van der Waals surface area contributed by atoms with Gasteiger partial charge in [0.15, 0.2) is 0 Å². The number of fused-ring (bicyclic) bond motifs is 1. The van der Waals surface area contributed by atoms with Crippen molar-refractivity contribution in [1.29, 1.82) is 0 Å². The van der Waals surface area contributed by atoms with Gasteiger partial charge in [-0.15, -0.1) is 0 Å². The number of nitrogens with zero attached hydrogens (tertiary/aromatic N) is 1. The number of para-hydroxylation sites is 1. The molecule has 0 bridgehead atoms. The molecule has 0 unspecified atom stereocenters. The smallest absolute Gasteiger partial charge is 0.252 e. The second kappa shape index (κ2) is 8.50. The number of carbonyl (C=O) groups excluding carboxylic acids is 1. The zero-order chi connectivity index (χ0) is 19.3. The summed E-state index contributed by atoms with van der Waals surface area (Å²) < 4.78 is 5.46. The van der Waals surface area contributed by atoms with Gasteiger partial charge in [-0.1, -0.05) is 42.5 Å². The highest BCUT2D eigenvalue weighted by Gasteiger charge is 2.17. The average molecular weight is 376 g/mol. The second-order valence-corrected chi connectivity index (χ2v) is 7.32. The second-order valence-electron chi connectivity index (χ2n) is 7.32. The van der Waals surface area contributed by atoms with Gasteiger partial charge in [-0.25, -0.2) is 0 Å². The first-order valence-electron chi connectivity index (χ1n) is 9.83. The van der Waals surface area contributed by atoms with E-state index in [1.807, 2.05) is 43.3 Å². The first-order valence-corrected chi connectivity index (χ1v) is 9.83. The Labute approximate surface area is 165 Å². The number of nitrogens with one attached hydrogen (secondary N) is 2. The van der Waals surface area contributed by atoms with E-state index in [0.29, 0.717) is 12.1 Å². The van der Waals surface area contributed by atoms with Crippen LogP contribution in [0.3, 0.4) is 0 Å². The van der Waals surface area contributed by atoms with Crippen LogP contribution in [0, 0.1) is 6.92 Å². The van der Waals surface area contributed by atoms with E-state index < -0.39 is 0 Å². The van der Waals surface area contributed by atoms with Crippen LogP contribution in [0.15, 0.2) is 54.6 Å². The van der Waals surface area contributed by atoms with Crippen molar-refractivity contribution in [3.05, 3.63) is 77.0 Å². The van der Waals surface area contributed by atoms with Crippen LogP contribution in [-0.4, -0.2) is 37.2 Å². The SMILES string of the molecule is Cc1cc(C(=O)NCc2ccccc2C[NH+]2CCOCC2)c2ccccc2n1. The van der Waals surface area contributed by atoms with E-state index in [-0.39, 0.29) is 5.91 Å². The van der Waals surface area contributed by atoms with E-state index in [0.717, 1.165) is 49.4 Å². The number of hydrogen-bond acceptors (Lipinski definition) is 3. The van der Waals surface area contributed by atoms with Crippen LogP contribution in [0.4, 0.5) is 0 Å². The molecule has 1 amide bonds. The quantitative estimate of drug-likeness (QED) is 0.715. The molecule has 0 aliphatic carbocycles. The molecule has 5 heteroatoms. The van der Waals surface area contributed by atoms with Crippen LogP contribution in [0.5, 0.6) is 0 Å². The summed E-state index contributed by atoms with van der Waals surface area (Å²) in [5, 5.41) is 4.00. The molecule has 28 heavy (non-hydrogen) atoms. The number of amides is 1. The Morgan fingerprint density at radius 3 is 2.61 bits per heavy atom. The van der Waals surface area contributed by atoms with Gasteiger partial charge >= 0.3 is 0 Å². The molecule has 0 radical (unpaired) electrons. The zero-order valence-electron chi connectivity index (χ0n) is 16.2. The van der Waals surface area contributed by atoms with Crippen LogP contribution in [0.1, 0.15) is 27.2 Å². The molecular weight excluding hydrogens is 350 g/mol. The van der Waals surface area contributed by atoms with Crippen molar-refractivity contribution in [3.8, 4) is 0 Å². The molecule has 1 aromatic heterocycles. The van der Waals surface area contributed by atoms with Crippen molar-refractivity contribution in [1.82, 2.24) is 10.3 Å². The first kappa shape index (κ1) is 18.6. The molecule has 2 N–H and O–H groups in total. The van der Waals surface area contributed by atoms with E-state index in [9.17, 15) is 4.79 Å². The summed E-state index contributed by atoms with van der Waals surface area (Å²) >= 11 is 0. The van der Waals surface area contributed by atoms with Crippen molar-refractivity contribution in [2.75, 3.05) is 26.3 Å². The van der Waals surface area contributed by atoms with Gasteiger partial charge in [0.2, 0.25) is 0 Å². The molecule has 0 spiro atoms. The number of benzene rings is 2. The summed E-state index contributed by atoms with van der Waals surface area (Å²) in [6, 6.07) is 18.0. The van der Waals surface area contributed by atoms with Crippen molar-refractivity contribution in [2.24, 2.45) is 0 Å². The van der Waals surface area contributed by atoms with Crippen LogP contribution in [-0.2, 0) is 17.8 Å². The Bertz CT molecular complexity index is 980. The van der Waals surface area contributed by atoms with E-state index in [1.54, 1.807) is 0 Å². The third-order valence-corrected chi connectivity index (χ3v) is 5.29. The van der Waals surface area contributed by atoms with Gasteiger partial charge in [-0.2, -0.15) is 0 Å². The Morgan fingerprint density at radius 2 is 1.79 bits per heavy atom. The molecule has 4 rings (SSSR count). The van der Waals surface area contributed by atoms with Crippen LogP contribution in [0.2, 0.25) is 0 Å². The molecule has 2 aromatic carbocycles. The van der Waals surface area contributed by atoms with Crippen molar-refractivity contribution >= 4 is 16.8 Å². The van der Waals surface area contributed by atoms with E-state index in [4.69, 9.17) is 4.74 Å². The van der Waals surface area contributed by atoms with E-state index in [1.165, 1.54) is 16.0 Å². The monoisotopic (exact) mass is 376 g/mol. The van der Waals surface area contributed by atoms with E-state index >= 15 is 0 Å². The van der Waals surface area contributed by atoms with Gasteiger partial charge in [-0.3, -0.25) is 9.78 Å². The Balaban J connectivity index is 1.50. The van der Waals surface area contributed by atoms with Crippen LogP contribution in [0.25, 0.3) is 10.9 Å². The van der Waals surface area contributed by atoms with Crippen LogP contribution >= 0.6 is 0 Å². The summed E-state index contributed by atoms with van der Waals surface area (Å²) in [6.45, 7) is 7.11. The lowest BCUT2D eigenvalue weighted by atomic mass is 10.1. The number of hydrogen-bond donors (Lipinski definition) is 2. The third kappa shape index (κ3) is 4.21. The molecule has 1 saturated heterocycles. The highest BCUT2D eigenvalue weighted by atomic mass is 16.5. The van der Waals surface area contributed by atoms with Gasteiger partial charge in [0.05, 0.1) is 24.3 Å². The van der Waals surface area contributed by atoms with Crippen molar-refractivity contribution in [2.45, 2.75) is 20.0 Å². The molecule has 1 aliphatic rings. The van der Waals surface area contributed by atoms with Gasteiger partial charge in [0, 0.05) is 23.2 Å². The fourth-order valence-electron chi connectivity index (χ4n) is 3.77. The molecular formula is C23H26N3O2+. The summed E-state index contributed by atoms with van der Waals surface area (Å²) in [4.78, 5) is 19.0. The largest absolute Gasteiger partial charge is 0.370 e. The Kier molecular flexibility index (Phi) is 5.65. The van der Waals surface area contributed by atoms with E-state index in [2.05, 4.69) is 28.5 Å². The lowest BCUT2D eigenvalue weighted by Crippen LogP contribution is -3.12. The number of ether oxygens (including phenoxy) is 1. The highest BCUT2D eigenvalue weighted by Crippen LogP contribution is 2.18. The Morgan fingerprint density at radius 1 is 1.07 bits per heavy atom. The van der Waals surface area contributed by atoms with Gasteiger partial charge in [-0.05, 0) is 24.6 Å².